The Hall–Kier alpha value is -3.07. The molecule has 2 amide bonds. The van der Waals surface area contributed by atoms with Gasteiger partial charge < -0.3 is 19.3 Å². The lowest BCUT2D eigenvalue weighted by Gasteiger charge is -2.34. The van der Waals surface area contributed by atoms with Gasteiger partial charge in [0.05, 0.1) is 19.3 Å². The number of rotatable bonds is 6. The van der Waals surface area contributed by atoms with Gasteiger partial charge >= 0.3 is 6.09 Å². The minimum Gasteiger partial charge on any atom is -0.491 e. The predicted molar refractivity (Wildman–Crippen MR) is 123 cm³/mol. The van der Waals surface area contributed by atoms with Gasteiger partial charge in [-0.3, -0.25) is 14.4 Å². The number of nitrogens with zero attached hydrogens (tertiary/aromatic N) is 5. The Morgan fingerprint density at radius 2 is 1.91 bits per heavy atom. The number of ether oxygens (including phenoxy) is 2. The molecule has 0 unspecified atom stereocenters. The van der Waals surface area contributed by atoms with Crippen molar-refractivity contribution in [2.45, 2.75) is 32.9 Å². The monoisotopic (exact) mass is 455 g/mol. The second-order valence-electron chi connectivity index (χ2n) is 8.59. The Morgan fingerprint density at radius 1 is 1.09 bits per heavy atom. The third-order valence-electron chi connectivity index (χ3n) is 6.15. The molecule has 2 aliphatic heterocycles. The number of carbonyl (C=O) groups is 2. The molecular weight excluding hydrogens is 422 g/mol. The van der Waals surface area contributed by atoms with E-state index in [1.165, 1.54) is 5.56 Å². The van der Waals surface area contributed by atoms with Gasteiger partial charge in [0.2, 0.25) is 5.91 Å². The van der Waals surface area contributed by atoms with E-state index in [9.17, 15) is 9.59 Å². The minimum absolute atomic E-state index is 0.135. The maximum atomic E-state index is 12.9. The van der Waals surface area contributed by atoms with Crippen LogP contribution >= 0.6 is 0 Å². The lowest BCUT2D eigenvalue weighted by Crippen LogP contribution is -2.48. The highest BCUT2D eigenvalue weighted by Gasteiger charge is 2.23. The van der Waals surface area contributed by atoms with Crippen LogP contribution in [0.15, 0.2) is 30.6 Å². The topological polar surface area (TPSA) is 80.1 Å². The van der Waals surface area contributed by atoms with Crippen molar-refractivity contribution in [3.8, 4) is 5.75 Å². The first kappa shape index (κ1) is 23.1. The van der Waals surface area contributed by atoms with Crippen LogP contribution in [0.4, 0.5) is 4.79 Å². The third kappa shape index (κ3) is 6.04. The zero-order chi connectivity index (χ0) is 23.2. The molecule has 0 radical (unpaired) electrons. The number of amides is 2. The molecule has 2 aliphatic rings. The van der Waals surface area contributed by atoms with Gasteiger partial charge in [-0.1, -0.05) is 6.07 Å². The van der Waals surface area contributed by atoms with Gasteiger partial charge in [0.1, 0.15) is 12.4 Å². The van der Waals surface area contributed by atoms with E-state index in [-0.39, 0.29) is 12.0 Å². The van der Waals surface area contributed by atoms with Crippen LogP contribution in [-0.4, -0.2) is 82.4 Å². The van der Waals surface area contributed by atoms with Crippen molar-refractivity contribution >= 4 is 12.0 Å². The van der Waals surface area contributed by atoms with Gasteiger partial charge in [-0.15, -0.1) is 0 Å². The van der Waals surface area contributed by atoms with Crippen LogP contribution in [0.3, 0.4) is 0 Å². The van der Waals surface area contributed by atoms with Gasteiger partial charge in [-0.05, 0) is 36.6 Å². The molecule has 3 heterocycles. The maximum Gasteiger partial charge on any atom is 0.409 e. The molecule has 33 heavy (non-hydrogen) atoms. The number of hydrogen-bond acceptors (Lipinski definition) is 6. The summed E-state index contributed by atoms with van der Waals surface area (Å²) in [5.74, 6) is 0.990. The van der Waals surface area contributed by atoms with Crippen LogP contribution in [-0.2, 0) is 36.1 Å². The first-order chi connectivity index (χ1) is 16.0. The molecule has 0 spiro atoms. The normalized spacial score (nSPS) is 16.7. The molecule has 1 aromatic carbocycles. The Kier molecular flexibility index (Phi) is 7.49. The quantitative estimate of drug-likeness (QED) is 0.663. The van der Waals surface area contributed by atoms with Gasteiger partial charge in [0, 0.05) is 64.5 Å². The summed E-state index contributed by atoms with van der Waals surface area (Å²) in [6.07, 6.45) is 4.69. The molecule has 0 saturated carbocycles. The summed E-state index contributed by atoms with van der Waals surface area (Å²) in [6, 6.07) is 6.26. The number of aryl methyl sites for hydroxylation is 2. The van der Waals surface area contributed by atoms with E-state index in [2.05, 4.69) is 22.1 Å². The highest BCUT2D eigenvalue weighted by molar-refractivity contribution is 5.76. The summed E-state index contributed by atoms with van der Waals surface area (Å²) in [5, 5.41) is 4.17. The van der Waals surface area contributed by atoms with E-state index in [1.807, 2.05) is 37.3 Å². The van der Waals surface area contributed by atoms with E-state index in [0.29, 0.717) is 52.2 Å². The second-order valence-corrected chi connectivity index (χ2v) is 8.59. The maximum absolute atomic E-state index is 12.9. The molecule has 9 nitrogen and oxygen atoms in total. The molecule has 1 saturated heterocycles. The number of fused-ring (bicyclic) bond motifs is 1. The molecule has 9 heteroatoms. The first-order valence-corrected chi connectivity index (χ1v) is 11.7. The van der Waals surface area contributed by atoms with Crippen molar-refractivity contribution in [2.24, 2.45) is 7.05 Å². The molecule has 0 bridgehead atoms. The summed E-state index contributed by atoms with van der Waals surface area (Å²) in [4.78, 5) is 30.8. The Bertz CT molecular complexity index is 968. The Balaban J connectivity index is 1.33. The zero-order valence-corrected chi connectivity index (χ0v) is 19.5. The summed E-state index contributed by atoms with van der Waals surface area (Å²) in [5.41, 5.74) is 3.30. The SMILES string of the molecule is CCOC(=O)N1CCN(Cc2ccc3c(c2)CN(C(=O)CCc2cnn(C)c2)CCO3)CC1. The fourth-order valence-corrected chi connectivity index (χ4v) is 4.33. The van der Waals surface area contributed by atoms with E-state index in [1.54, 1.807) is 9.58 Å². The van der Waals surface area contributed by atoms with Crippen molar-refractivity contribution in [1.29, 1.82) is 0 Å². The highest BCUT2D eigenvalue weighted by atomic mass is 16.6. The Morgan fingerprint density at radius 3 is 2.64 bits per heavy atom. The summed E-state index contributed by atoms with van der Waals surface area (Å²) < 4.78 is 12.8. The number of hydrogen-bond donors (Lipinski definition) is 0. The molecule has 0 aliphatic carbocycles. The average molecular weight is 456 g/mol. The van der Waals surface area contributed by atoms with Crippen LogP contribution in [0.1, 0.15) is 30.0 Å². The van der Waals surface area contributed by atoms with Crippen LogP contribution < -0.4 is 4.74 Å². The number of piperazine rings is 1. The lowest BCUT2D eigenvalue weighted by atomic mass is 10.1. The van der Waals surface area contributed by atoms with E-state index in [0.717, 1.165) is 36.5 Å². The predicted octanol–water partition coefficient (Wildman–Crippen LogP) is 2.05. The van der Waals surface area contributed by atoms with Crippen molar-refractivity contribution in [3.05, 3.63) is 47.3 Å². The van der Waals surface area contributed by atoms with Crippen LogP contribution in [0.5, 0.6) is 5.75 Å². The first-order valence-electron chi connectivity index (χ1n) is 11.7. The molecule has 178 valence electrons. The van der Waals surface area contributed by atoms with E-state index < -0.39 is 0 Å². The largest absolute Gasteiger partial charge is 0.491 e. The average Bonchev–Trinajstić information content (AvgIpc) is 3.11. The van der Waals surface area contributed by atoms with Crippen molar-refractivity contribution in [2.75, 3.05) is 45.9 Å². The van der Waals surface area contributed by atoms with Crippen LogP contribution in [0.25, 0.3) is 0 Å². The molecule has 1 aromatic heterocycles. The van der Waals surface area contributed by atoms with E-state index >= 15 is 0 Å². The number of carbonyl (C=O) groups excluding carboxylic acids is 2. The second kappa shape index (κ2) is 10.7. The Labute approximate surface area is 194 Å². The zero-order valence-electron chi connectivity index (χ0n) is 19.5. The highest BCUT2D eigenvalue weighted by Crippen LogP contribution is 2.26. The number of aromatic nitrogens is 2. The molecule has 1 fully saturated rings. The van der Waals surface area contributed by atoms with Crippen LogP contribution in [0.2, 0.25) is 0 Å². The minimum atomic E-state index is -0.229. The van der Waals surface area contributed by atoms with Crippen LogP contribution in [0, 0.1) is 0 Å². The summed E-state index contributed by atoms with van der Waals surface area (Å²) >= 11 is 0. The molecule has 0 N–H and O–H groups in total. The fraction of sp³-hybridized carbons (Fsp3) is 0.542. The molecule has 4 rings (SSSR count). The van der Waals surface area contributed by atoms with Crippen molar-refractivity contribution < 1.29 is 19.1 Å². The lowest BCUT2D eigenvalue weighted by molar-refractivity contribution is -0.131. The molecule has 0 atom stereocenters. The smallest absolute Gasteiger partial charge is 0.409 e. The van der Waals surface area contributed by atoms with Crippen molar-refractivity contribution in [3.63, 3.8) is 0 Å². The molecular formula is C24H33N5O4. The summed E-state index contributed by atoms with van der Waals surface area (Å²) in [6.45, 7) is 7.65. The standard InChI is InChI=1S/C24H33N5O4/c1-3-32-24(31)28-10-8-27(9-11-28)17-19-4-6-22-21(14-19)18-29(12-13-33-22)23(30)7-5-20-15-25-26(2)16-20/h4,6,14-16H,3,5,7-13,17-18H2,1-2H3. The van der Waals surface area contributed by atoms with Gasteiger partial charge in [-0.25, -0.2) is 4.79 Å². The van der Waals surface area contributed by atoms with Gasteiger partial charge in [0.25, 0.3) is 0 Å². The third-order valence-corrected chi connectivity index (χ3v) is 6.15. The van der Waals surface area contributed by atoms with Gasteiger partial charge in [-0.2, -0.15) is 5.10 Å². The molecule has 2 aromatic rings. The number of benzene rings is 1. The van der Waals surface area contributed by atoms with E-state index in [4.69, 9.17) is 9.47 Å². The van der Waals surface area contributed by atoms with Crippen molar-refractivity contribution in [1.82, 2.24) is 24.5 Å². The summed E-state index contributed by atoms with van der Waals surface area (Å²) in [7, 11) is 1.88. The van der Waals surface area contributed by atoms with Gasteiger partial charge in [0.15, 0.2) is 0 Å². The fourth-order valence-electron chi connectivity index (χ4n) is 4.33.